The first-order valence-corrected chi connectivity index (χ1v) is 14.2. The molecule has 0 N–H and O–H groups in total. The topological polar surface area (TPSA) is 102 Å². The van der Waals surface area contributed by atoms with Gasteiger partial charge in [-0.05, 0) is 35.4 Å². The molecule has 10 nitrogen and oxygen atoms in total. The van der Waals surface area contributed by atoms with Gasteiger partial charge in [-0.2, -0.15) is 0 Å². The van der Waals surface area contributed by atoms with E-state index < -0.39 is 0 Å². The Labute approximate surface area is 252 Å². The molecule has 0 radical (unpaired) electrons. The third-order valence-electron chi connectivity index (χ3n) is 8.48. The van der Waals surface area contributed by atoms with Crippen molar-refractivity contribution in [3.63, 3.8) is 0 Å². The number of carbonyl (C=O) groups excluding carboxylic acids is 2. The number of fused-ring (bicyclic) bond motifs is 8. The second kappa shape index (κ2) is 9.98. The van der Waals surface area contributed by atoms with E-state index in [0.717, 1.165) is 22.5 Å². The zero-order valence-electron chi connectivity index (χ0n) is 23.9. The summed E-state index contributed by atoms with van der Waals surface area (Å²) in [6, 6.07) is 21.8. The molecule has 4 aromatic rings. The van der Waals surface area contributed by atoms with E-state index in [1.54, 1.807) is 46.5 Å². The van der Waals surface area contributed by atoms with Crippen LogP contribution in [0.5, 0.6) is 23.0 Å². The molecule has 44 heavy (non-hydrogen) atoms. The maximum Gasteiger partial charge on any atom is 0.261 e. The second-order valence-corrected chi connectivity index (χ2v) is 10.9. The first-order valence-electron chi connectivity index (χ1n) is 14.2. The number of methoxy groups -OCH3 is 2. The molecule has 8 rings (SSSR count). The first-order chi connectivity index (χ1) is 21.5. The van der Waals surface area contributed by atoms with E-state index in [0.29, 0.717) is 46.8 Å². The van der Waals surface area contributed by atoms with Gasteiger partial charge in [-0.15, -0.1) is 0 Å². The highest BCUT2D eigenvalue weighted by Crippen LogP contribution is 2.43. The summed E-state index contributed by atoms with van der Waals surface area (Å²) in [4.78, 5) is 51.8. The summed E-state index contributed by atoms with van der Waals surface area (Å²) in [5.74, 6) is 0.673. The number of anilines is 2. The third kappa shape index (κ3) is 3.94. The zero-order valence-corrected chi connectivity index (χ0v) is 23.9. The summed E-state index contributed by atoms with van der Waals surface area (Å²) in [7, 11) is 2.97. The third-order valence-corrected chi connectivity index (χ3v) is 8.48. The van der Waals surface area contributed by atoms with E-state index in [4.69, 9.17) is 19.2 Å². The van der Waals surface area contributed by atoms with E-state index in [9.17, 15) is 9.59 Å². The Balaban J connectivity index is 1.10. The van der Waals surface area contributed by atoms with Gasteiger partial charge in [-0.25, -0.2) is 0 Å². The van der Waals surface area contributed by atoms with Gasteiger partial charge in [0.05, 0.1) is 48.8 Å². The molecule has 0 unspecified atom stereocenters. The Morgan fingerprint density at radius 1 is 0.614 bits per heavy atom. The minimum absolute atomic E-state index is 0.170. The van der Waals surface area contributed by atoms with Gasteiger partial charge in [0.1, 0.15) is 0 Å². The second-order valence-electron chi connectivity index (χ2n) is 10.9. The number of ether oxygens (including phenoxy) is 2. The number of para-hydroxylation sites is 2. The average Bonchev–Trinajstić information content (AvgIpc) is 3.54. The van der Waals surface area contributed by atoms with E-state index in [1.165, 1.54) is 14.2 Å². The van der Waals surface area contributed by atoms with Crippen LogP contribution in [-0.2, 0) is 12.8 Å². The summed E-state index contributed by atoms with van der Waals surface area (Å²) in [6.07, 6.45) is 4.96. The molecule has 0 saturated heterocycles. The quantitative estimate of drug-likeness (QED) is 0.221. The Hall–Kier alpha value is -5.64. The lowest BCUT2D eigenvalue weighted by molar-refractivity contribution is -0.103. The number of amides is 2. The minimum atomic E-state index is -0.185. The molecule has 4 aromatic carbocycles. The zero-order chi connectivity index (χ0) is 29.9. The number of aliphatic imine (C=N–C) groups is 2. The number of carbonyl (C=O) groups is 2. The van der Waals surface area contributed by atoms with Gasteiger partial charge in [-0.1, -0.05) is 36.4 Å². The van der Waals surface area contributed by atoms with Gasteiger partial charge in [0, 0.05) is 48.8 Å². The summed E-state index contributed by atoms with van der Waals surface area (Å²) in [5, 5.41) is 0. The van der Waals surface area contributed by atoms with E-state index in [2.05, 4.69) is 9.98 Å². The Morgan fingerprint density at radius 3 is 1.48 bits per heavy atom. The molecule has 4 heterocycles. The van der Waals surface area contributed by atoms with E-state index in [-0.39, 0.29) is 35.4 Å². The van der Waals surface area contributed by atoms with Crippen molar-refractivity contribution in [1.82, 2.24) is 0 Å². The van der Waals surface area contributed by atoms with Gasteiger partial charge in [0.15, 0.2) is 11.5 Å². The molecule has 0 bridgehead atoms. The smallest absolute Gasteiger partial charge is 0.261 e. The normalized spacial score (nSPS) is 18.8. The van der Waals surface area contributed by atoms with E-state index >= 15 is 0 Å². The number of hydrogen-bond acceptors (Lipinski definition) is 8. The Bertz CT molecular complexity index is 1800. The fraction of sp³-hybridized carbons (Fsp3) is 0.176. The molecule has 0 saturated carbocycles. The molecule has 4 aliphatic rings. The molecule has 0 aliphatic carbocycles. The summed E-state index contributed by atoms with van der Waals surface area (Å²) in [6.45, 7) is 0. The van der Waals surface area contributed by atoms with Crippen LogP contribution in [0.1, 0.15) is 31.8 Å². The first kappa shape index (κ1) is 26.0. The lowest BCUT2D eigenvalue weighted by atomic mass is 10.1. The van der Waals surface area contributed by atoms with Gasteiger partial charge < -0.3 is 9.47 Å². The molecule has 0 fully saturated rings. The molecule has 2 atom stereocenters. The van der Waals surface area contributed by atoms with Gasteiger partial charge >= 0.3 is 0 Å². The predicted molar refractivity (Wildman–Crippen MR) is 165 cm³/mol. The van der Waals surface area contributed by atoms with Crippen molar-refractivity contribution in [2.45, 2.75) is 24.9 Å². The van der Waals surface area contributed by atoms with Crippen LogP contribution in [0.3, 0.4) is 0 Å². The van der Waals surface area contributed by atoms with Crippen molar-refractivity contribution < 1.29 is 28.8 Å². The predicted octanol–water partition coefficient (Wildman–Crippen LogP) is 5.65. The molecule has 4 aliphatic heterocycles. The minimum Gasteiger partial charge on any atom is -0.493 e. The highest BCUT2D eigenvalue weighted by atomic mass is 17.2. The maximum atomic E-state index is 13.7. The molecule has 0 spiro atoms. The van der Waals surface area contributed by atoms with Crippen LogP contribution < -0.4 is 29.0 Å². The summed E-state index contributed by atoms with van der Waals surface area (Å²) in [5.41, 5.74) is 5.62. The standard InChI is InChI=1S/C34H26N4O6/c1-41-29-13-23-25(35-17-21-11-19-7-3-5-9-27(19)37(21)33(23)39)15-31(29)43-44-32-16-26-24(14-30(32)42-2)34(40)38-22(18-36-26)12-20-8-4-6-10-28(20)38/h3-10,13-18,21-22H,11-12H2,1-2H3/t21-,22-/m0/s1. The SMILES string of the molecule is COc1cc2c(cc1OOc1cc3c(cc1OC)C(=O)N1c4ccccc4C[C@H]1C=N3)N=C[C@@H]1Cc3ccccc3N1C2=O. The molecule has 218 valence electrons. The van der Waals surface area contributed by atoms with Crippen molar-refractivity contribution in [2.75, 3.05) is 24.0 Å². The Kier molecular flexibility index (Phi) is 5.90. The molecule has 0 aromatic heterocycles. The number of hydrogen-bond donors (Lipinski definition) is 0. The fourth-order valence-corrected chi connectivity index (χ4v) is 6.37. The van der Waals surface area contributed by atoms with Crippen molar-refractivity contribution in [3.05, 3.63) is 95.1 Å². The van der Waals surface area contributed by atoms with Crippen LogP contribution in [0.4, 0.5) is 22.7 Å². The monoisotopic (exact) mass is 586 g/mol. The van der Waals surface area contributed by atoms with Crippen LogP contribution in [0.15, 0.2) is 82.8 Å². The fourth-order valence-electron chi connectivity index (χ4n) is 6.37. The maximum absolute atomic E-state index is 13.7. The molecule has 2 amide bonds. The lowest BCUT2D eigenvalue weighted by Gasteiger charge is -2.22. The van der Waals surface area contributed by atoms with Gasteiger partial charge in [0.25, 0.3) is 11.8 Å². The molecule has 10 heteroatoms. The largest absolute Gasteiger partial charge is 0.493 e. The Morgan fingerprint density at radius 2 is 1.05 bits per heavy atom. The number of benzene rings is 4. The van der Waals surface area contributed by atoms with Crippen LogP contribution in [0.2, 0.25) is 0 Å². The van der Waals surface area contributed by atoms with Crippen molar-refractivity contribution >= 4 is 47.0 Å². The lowest BCUT2D eigenvalue weighted by Crippen LogP contribution is -2.37. The van der Waals surface area contributed by atoms with Gasteiger partial charge in [0.2, 0.25) is 11.5 Å². The highest BCUT2D eigenvalue weighted by molar-refractivity contribution is 6.15. The van der Waals surface area contributed by atoms with Crippen LogP contribution >= 0.6 is 0 Å². The summed E-state index contributed by atoms with van der Waals surface area (Å²) >= 11 is 0. The van der Waals surface area contributed by atoms with E-state index in [1.807, 2.05) is 48.5 Å². The van der Waals surface area contributed by atoms with Crippen molar-refractivity contribution in [1.29, 1.82) is 0 Å². The molecular formula is C34H26N4O6. The van der Waals surface area contributed by atoms with Crippen molar-refractivity contribution in [2.24, 2.45) is 9.98 Å². The average molecular weight is 587 g/mol. The molecular weight excluding hydrogens is 560 g/mol. The van der Waals surface area contributed by atoms with Crippen LogP contribution in [-0.4, -0.2) is 50.5 Å². The highest BCUT2D eigenvalue weighted by Gasteiger charge is 2.38. The number of rotatable bonds is 5. The number of nitrogens with zero attached hydrogens (tertiary/aromatic N) is 4. The van der Waals surface area contributed by atoms with Crippen LogP contribution in [0, 0.1) is 0 Å². The summed E-state index contributed by atoms with van der Waals surface area (Å²) < 4.78 is 11.2. The van der Waals surface area contributed by atoms with Gasteiger partial charge in [-0.3, -0.25) is 39.1 Å². The van der Waals surface area contributed by atoms with Crippen molar-refractivity contribution in [3.8, 4) is 23.0 Å². The van der Waals surface area contributed by atoms with Crippen LogP contribution in [0.25, 0.3) is 0 Å².